The average Bonchev–Trinajstić information content (AvgIpc) is 3.05. The van der Waals surface area contributed by atoms with E-state index in [1.165, 1.54) is 6.07 Å². The molecule has 0 aliphatic rings. The Kier molecular flexibility index (Phi) is 4.86. The van der Waals surface area contributed by atoms with Gasteiger partial charge in [0.25, 0.3) is 11.6 Å². The number of hydrogen-bond acceptors (Lipinski definition) is 4. The standard InChI is InChI=1S/C20H18N2O3S/c1-14-17(22(24)25)13-18(26-14)19(23)21-20(2,15-9-5-3-6-10-15)16-11-7-4-8-12-16/h3-13H,1-2H3,(H,21,23). The fraction of sp³-hybridized carbons (Fsp3) is 0.150. The van der Waals surface area contributed by atoms with E-state index in [1.807, 2.05) is 67.6 Å². The molecule has 0 spiro atoms. The molecule has 0 unspecified atom stereocenters. The van der Waals surface area contributed by atoms with Crippen molar-refractivity contribution in [2.45, 2.75) is 19.4 Å². The summed E-state index contributed by atoms with van der Waals surface area (Å²) in [5.41, 5.74) is 1.08. The van der Waals surface area contributed by atoms with Crippen LogP contribution in [0.25, 0.3) is 0 Å². The smallest absolute Gasteiger partial charge is 0.283 e. The van der Waals surface area contributed by atoms with E-state index in [1.54, 1.807) is 6.92 Å². The molecule has 1 amide bonds. The number of nitro groups is 1. The first-order valence-electron chi connectivity index (χ1n) is 8.10. The molecule has 26 heavy (non-hydrogen) atoms. The maximum atomic E-state index is 12.9. The van der Waals surface area contributed by atoms with E-state index in [0.29, 0.717) is 9.75 Å². The zero-order valence-corrected chi connectivity index (χ0v) is 15.2. The summed E-state index contributed by atoms with van der Waals surface area (Å²) in [4.78, 5) is 24.3. The molecule has 0 aliphatic heterocycles. The number of carbonyl (C=O) groups excluding carboxylic acids is 1. The molecule has 6 heteroatoms. The number of rotatable bonds is 5. The maximum Gasteiger partial charge on any atom is 0.283 e. The number of carbonyl (C=O) groups is 1. The van der Waals surface area contributed by atoms with Gasteiger partial charge in [-0.15, -0.1) is 11.3 Å². The van der Waals surface area contributed by atoms with Gasteiger partial charge in [0, 0.05) is 6.07 Å². The lowest BCUT2D eigenvalue weighted by molar-refractivity contribution is -0.385. The second-order valence-electron chi connectivity index (χ2n) is 6.12. The van der Waals surface area contributed by atoms with Crippen LogP contribution in [0, 0.1) is 17.0 Å². The highest BCUT2D eigenvalue weighted by Crippen LogP contribution is 2.32. The van der Waals surface area contributed by atoms with Crippen molar-refractivity contribution in [1.82, 2.24) is 5.32 Å². The zero-order chi connectivity index (χ0) is 18.7. The maximum absolute atomic E-state index is 12.9. The van der Waals surface area contributed by atoms with Gasteiger partial charge in [0.1, 0.15) is 0 Å². The van der Waals surface area contributed by atoms with Crippen molar-refractivity contribution < 1.29 is 9.72 Å². The molecule has 0 saturated carbocycles. The molecule has 132 valence electrons. The third kappa shape index (κ3) is 3.36. The van der Waals surface area contributed by atoms with E-state index < -0.39 is 10.5 Å². The Hall–Kier alpha value is -2.99. The van der Waals surface area contributed by atoms with Gasteiger partial charge in [0.05, 0.1) is 20.2 Å². The predicted octanol–water partition coefficient (Wildman–Crippen LogP) is 4.66. The number of amides is 1. The van der Waals surface area contributed by atoms with Crippen molar-refractivity contribution in [2.24, 2.45) is 0 Å². The second kappa shape index (κ2) is 7.09. The van der Waals surface area contributed by atoms with Crippen LogP contribution in [-0.2, 0) is 5.54 Å². The minimum atomic E-state index is -0.758. The largest absolute Gasteiger partial charge is 0.338 e. The lowest BCUT2D eigenvalue weighted by atomic mass is 9.84. The summed E-state index contributed by atoms with van der Waals surface area (Å²) in [7, 11) is 0. The molecule has 3 aromatic rings. The Balaban J connectivity index is 2.00. The lowest BCUT2D eigenvalue weighted by Crippen LogP contribution is -2.44. The molecule has 0 bridgehead atoms. The van der Waals surface area contributed by atoms with E-state index in [-0.39, 0.29) is 11.6 Å². The van der Waals surface area contributed by atoms with E-state index in [4.69, 9.17) is 0 Å². The Morgan fingerprint density at radius 3 is 1.96 bits per heavy atom. The minimum absolute atomic E-state index is 0.0266. The normalized spacial score (nSPS) is 11.2. The van der Waals surface area contributed by atoms with Gasteiger partial charge in [-0.1, -0.05) is 60.7 Å². The van der Waals surface area contributed by atoms with Crippen molar-refractivity contribution in [2.75, 3.05) is 0 Å². The van der Waals surface area contributed by atoms with Gasteiger partial charge in [0.15, 0.2) is 0 Å². The van der Waals surface area contributed by atoms with Crippen LogP contribution in [0.15, 0.2) is 66.7 Å². The van der Waals surface area contributed by atoms with Gasteiger partial charge in [-0.05, 0) is 25.0 Å². The fourth-order valence-corrected chi connectivity index (χ4v) is 3.79. The highest BCUT2D eigenvalue weighted by atomic mass is 32.1. The van der Waals surface area contributed by atoms with Crippen LogP contribution in [-0.4, -0.2) is 10.8 Å². The Morgan fingerprint density at radius 1 is 1.04 bits per heavy atom. The fourth-order valence-electron chi connectivity index (χ4n) is 2.91. The third-order valence-corrected chi connectivity index (χ3v) is 5.42. The van der Waals surface area contributed by atoms with Gasteiger partial charge >= 0.3 is 0 Å². The summed E-state index contributed by atoms with van der Waals surface area (Å²) in [6, 6.07) is 20.7. The van der Waals surface area contributed by atoms with Crippen LogP contribution in [0.1, 0.15) is 32.6 Å². The predicted molar refractivity (Wildman–Crippen MR) is 103 cm³/mol. The van der Waals surface area contributed by atoms with Crippen molar-refractivity contribution in [3.63, 3.8) is 0 Å². The van der Waals surface area contributed by atoms with Crippen LogP contribution in [0.3, 0.4) is 0 Å². The monoisotopic (exact) mass is 366 g/mol. The van der Waals surface area contributed by atoms with E-state index in [2.05, 4.69) is 5.32 Å². The quantitative estimate of drug-likeness (QED) is 0.527. The molecule has 0 saturated heterocycles. The molecule has 3 rings (SSSR count). The second-order valence-corrected chi connectivity index (χ2v) is 7.38. The van der Waals surface area contributed by atoms with Crippen molar-refractivity contribution in [3.8, 4) is 0 Å². The Labute approximate surface area is 155 Å². The van der Waals surface area contributed by atoms with E-state index in [0.717, 1.165) is 22.5 Å². The topological polar surface area (TPSA) is 72.2 Å². The number of nitrogens with zero attached hydrogens (tertiary/aromatic N) is 1. The SMILES string of the molecule is Cc1sc(C(=O)NC(C)(c2ccccc2)c2ccccc2)cc1[N+](=O)[O-]. The van der Waals surface area contributed by atoms with Crippen molar-refractivity contribution in [3.05, 3.63) is 97.7 Å². The highest BCUT2D eigenvalue weighted by molar-refractivity contribution is 7.14. The summed E-state index contributed by atoms with van der Waals surface area (Å²) < 4.78 is 0. The van der Waals surface area contributed by atoms with Crippen molar-refractivity contribution >= 4 is 22.9 Å². The van der Waals surface area contributed by atoms with Crippen LogP contribution in [0.4, 0.5) is 5.69 Å². The summed E-state index contributed by atoms with van der Waals surface area (Å²) in [5.74, 6) is -0.332. The third-order valence-electron chi connectivity index (χ3n) is 4.38. The van der Waals surface area contributed by atoms with Crippen LogP contribution >= 0.6 is 11.3 Å². The highest BCUT2D eigenvalue weighted by Gasteiger charge is 2.32. The molecule has 1 aromatic heterocycles. The Morgan fingerprint density at radius 2 is 1.54 bits per heavy atom. The summed E-state index contributed by atoms with van der Waals surface area (Å²) in [5, 5.41) is 14.1. The number of aryl methyl sites for hydroxylation is 1. The molecule has 0 aliphatic carbocycles. The average molecular weight is 366 g/mol. The van der Waals surface area contributed by atoms with Gasteiger partial charge in [-0.25, -0.2) is 0 Å². The number of benzene rings is 2. The zero-order valence-electron chi connectivity index (χ0n) is 14.4. The van der Waals surface area contributed by atoms with Gasteiger partial charge in [0.2, 0.25) is 0 Å². The summed E-state index contributed by atoms with van der Waals surface area (Å²) in [6.45, 7) is 3.58. The summed E-state index contributed by atoms with van der Waals surface area (Å²) in [6.07, 6.45) is 0. The first-order valence-corrected chi connectivity index (χ1v) is 8.92. The molecule has 1 N–H and O–H groups in total. The van der Waals surface area contributed by atoms with Gasteiger partial charge in [-0.3, -0.25) is 14.9 Å². The van der Waals surface area contributed by atoms with E-state index in [9.17, 15) is 14.9 Å². The first kappa shape index (κ1) is 17.8. The van der Waals surface area contributed by atoms with Gasteiger partial charge < -0.3 is 5.32 Å². The Bertz CT molecular complexity index is 897. The molecule has 1 heterocycles. The number of thiophene rings is 1. The molecule has 0 atom stereocenters. The van der Waals surface area contributed by atoms with Crippen LogP contribution in [0.2, 0.25) is 0 Å². The number of nitrogens with one attached hydrogen (secondary N) is 1. The number of hydrogen-bond donors (Lipinski definition) is 1. The first-order chi connectivity index (χ1) is 12.4. The van der Waals surface area contributed by atoms with E-state index >= 15 is 0 Å². The molecule has 0 radical (unpaired) electrons. The van der Waals surface area contributed by atoms with Crippen molar-refractivity contribution in [1.29, 1.82) is 0 Å². The molecule has 2 aromatic carbocycles. The minimum Gasteiger partial charge on any atom is -0.338 e. The molecule has 0 fully saturated rings. The molecule has 5 nitrogen and oxygen atoms in total. The van der Waals surface area contributed by atoms with Crippen LogP contribution in [0.5, 0.6) is 0 Å². The molecular weight excluding hydrogens is 348 g/mol. The van der Waals surface area contributed by atoms with Crippen LogP contribution < -0.4 is 5.32 Å². The van der Waals surface area contributed by atoms with Gasteiger partial charge in [-0.2, -0.15) is 0 Å². The summed E-state index contributed by atoms with van der Waals surface area (Å²) >= 11 is 1.13. The lowest BCUT2D eigenvalue weighted by Gasteiger charge is -2.32. The molecular formula is C20H18N2O3S.